The van der Waals surface area contributed by atoms with Crippen LogP contribution >= 0.6 is 15.9 Å². The molecule has 0 heterocycles. The summed E-state index contributed by atoms with van der Waals surface area (Å²) < 4.78 is 5.99. The summed E-state index contributed by atoms with van der Waals surface area (Å²) in [7, 11) is 0. The maximum absolute atomic E-state index is 11.7. The highest BCUT2D eigenvalue weighted by Crippen LogP contribution is 2.18. The first-order chi connectivity index (χ1) is 8.63. The molecule has 1 aromatic carbocycles. The van der Waals surface area contributed by atoms with Crippen molar-refractivity contribution in [2.75, 3.05) is 12.3 Å². The number of esters is 1. The molecule has 0 bridgehead atoms. The third kappa shape index (κ3) is 5.54. The zero-order valence-corrected chi connectivity index (χ0v) is 12.3. The predicted molar refractivity (Wildman–Crippen MR) is 77.6 cm³/mol. The Morgan fingerprint density at radius 2 is 1.94 bits per heavy atom. The minimum absolute atomic E-state index is 0.307. The van der Waals surface area contributed by atoms with Gasteiger partial charge in [0.2, 0.25) is 0 Å². The van der Waals surface area contributed by atoms with E-state index in [0.29, 0.717) is 17.9 Å². The molecule has 0 aliphatic rings. The van der Waals surface area contributed by atoms with Gasteiger partial charge in [0, 0.05) is 10.2 Å². The Morgan fingerprint density at radius 3 is 2.61 bits per heavy atom. The van der Waals surface area contributed by atoms with Gasteiger partial charge in [-0.15, -0.1) is 0 Å². The monoisotopic (exact) mass is 313 g/mol. The maximum Gasteiger partial charge on any atom is 0.338 e. The summed E-state index contributed by atoms with van der Waals surface area (Å²) in [5.74, 6) is -0.307. The highest BCUT2D eigenvalue weighted by Gasteiger charge is 2.08. The SMILES string of the molecule is CCCCCCCOC(=O)c1cc(N)cc(Br)c1. The van der Waals surface area contributed by atoms with Crippen LogP contribution in [0.15, 0.2) is 22.7 Å². The lowest BCUT2D eigenvalue weighted by molar-refractivity contribution is 0.0497. The van der Waals surface area contributed by atoms with Gasteiger partial charge in [-0.2, -0.15) is 0 Å². The molecule has 0 atom stereocenters. The van der Waals surface area contributed by atoms with Crippen molar-refractivity contribution in [2.24, 2.45) is 0 Å². The third-order valence-corrected chi connectivity index (χ3v) is 3.09. The largest absolute Gasteiger partial charge is 0.462 e. The third-order valence-electron chi connectivity index (χ3n) is 2.64. The van der Waals surface area contributed by atoms with Gasteiger partial charge >= 0.3 is 5.97 Å². The highest BCUT2D eigenvalue weighted by molar-refractivity contribution is 9.10. The quantitative estimate of drug-likeness (QED) is 0.467. The lowest BCUT2D eigenvalue weighted by Gasteiger charge is -2.06. The molecule has 0 saturated carbocycles. The van der Waals surface area contributed by atoms with Gasteiger partial charge in [0.25, 0.3) is 0 Å². The van der Waals surface area contributed by atoms with Gasteiger partial charge < -0.3 is 10.5 Å². The Kier molecular flexibility index (Phi) is 6.80. The first kappa shape index (κ1) is 15.0. The lowest BCUT2D eigenvalue weighted by atomic mass is 10.2. The summed E-state index contributed by atoms with van der Waals surface area (Å²) in [6.07, 6.45) is 5.71. The number of ether oxygens (including phenoxy) is 1. The number of hydrogen-bond acceptors (Lipinski definition) is 3. The summed E-state index contributed by atoms with van der Waals surface area (Å²) >= 11 is 3.30. The average molecular weight is 314 g/mol. The van der Waals surface area contributed by atoms with Crippen molar-refractivity contribution in [1.82, 2.24) is 0 Å². The van der Waals surface area contributed by atoms with Crippen LogP contribution in [0.3, 0.4) is 0 Å². The average Bonchev–Trinajstić information content (AvgIpc) is 2.32. The van der Waals surface area contributed by atoms with Crippen molar-refractivity contribution in [3.05, 3.63) is 28.2 Å². The molecule has 0 saturated heterocycles. The molecule has 0 aromatic heterocycles. The second-order valence-corrected chi connectivity index (χ2v) is 5.24. The number of nitrogens with two attached hydrogens (primary N) is 1. The zero-order chi connectivity index (χ0) is 13.4. The smallest absolute Gasteiger partial charge is 0.338 e. The maximum atomic E-state index is 11.7. The van der Waals surface area contributed by atoms with Crippen LogP contribution in [0, 0.1) is 0 Å². The topological polar surface area (TPSA) is 52.3 Å². The highest BCUT2D eigenvalue weighted by atomic mass is 79.9. The van der Waals surface area contributed by atoms with Crippen LogP contribution in [0.25, 0.3) is 0 Å². The molecule has 100 valence electrons. The molecule has 4 heteroatoms. The van der Waals surface area contributed by atoms with E-state index in [0.717, 1.165) is 17.3 Å². The van der Waals surface area contributed by atoms with E-state index in [1.165, 1.54) is 19.3 Å². The number of anilines is 1. The van der Waals surface area contributed by atoms with E-state index in [4.69, 9.17) is 10.5 Å². The van der Waals surface area contributed by atoms with Crippen molar-refractivity contribution >= 4 is 27.6 Å². The number of unbranched alkanes of at least 4 members (excludes halogenated alkanes) is 4. The molecule has 1 rings (SSSR count). The molecule has 0 radical (unpaired) electrons. The van der Waals surface area contributed by atoms with Crippen molar-refractivity contribution in [2.45, 2.75) is 39.0 Å². The number of benzene rings is 1. The van der Waals surface area contributed by atoms with Crippen LogP contribution < -0.4 is 5.73 Å². The molecule has 0 unspecified atom stereocenters. The fourth-order valence-corrected chi connectivity index (χ4v) is 2.19. The summed E-state index contributed by atoms with van der Waals surface area (Å²) in [5.41, 5.74) is 6.72. The second-order valence-electron chi connectivity index (χ2n) is 4.32. The first-order valence-electron chi connectivity index (χ1n) is 6.36. The van der Waals surface area contributed by atoms with Gasteiger partial charge in [-0.1, -0.05) is 48.5 Å². The van der Waals surface area contributed by atoms with Gasteiger partial charge in [0.15, 0.2) is 0 Å². The molecule has 0 amide bonds. The predicted octanol–water partition coefficient (Wildman–Crippen LogP) is 4.16. The molecule has 0 spiro atoms. The number of carbonyl (C=O) groups excluding carboxylic acids is 1. The molecule has 0 aliphatic carbocycles. The standard InChI is InChI=1S/C14H20BrNO2/c1-2-3-4-5-6-7-18-14(17)11-8-12(15)10-13(16)9-11/h8-10H,2-7,16H2,1H3. The summed E-state index contributed by atoms with van der Waals surface area (Å²) in [6.45, 7) is 2.66. The van der Waals surface area contributed by atoms with Gasteiger partial charge in [-0.3, -0.25) is 0 Å². The van der Waals surface area contributed by atoms with Crippen molar-refractivity contribution in [3.63, 3.8) is 0 Å². The molecule has 1 aromatic rings. The Labute approximate surface area is 117 Å². The van der Waals surface area contributed by atoms with Crippen LogP contribution in [0.1, 0.15) is 49.4 Å². The van der Waals surface area contributed by atoms with Crippen LogP contribution in [0.5, 0.6) is 0 Å². The van der Waals surface area contributed by atoms with E-state index >= 15 is 0 Å². The Balaban J connectivity index is 2.32. The van der Waals surface area contributed by atoms with E-state index in [2.05, 4.69) is 22.9 Å². The minimum Gasteiger partial charge on any atom is -0.462 e. The van der Waals surface area contributed by atoms with E-state index in [1.54, 1.807) is 18.2 Å². The number of nitrogen functional groups attached to an aromatic ring is 1. The molecule has 2 N–H and O–H groups in total. The van der Waals surface area contributed by atoms with Crippen LogP contribution in [0.2, 0.25) is 0 Å². The molecule has 0 aliphatic heterocycles. The van der Waals surface area contributed by atoms with Crippen LogP contribution in [0.4, 0.5) is 5.69 Å². The Morgan fingerprint density at radius 1 is 1.22 bits per heavy atom. The Bertz CT molecular complexity index is 373. The molecule has 3 nitrogen and oxygen atoms in total. The van der Waals surface area contributed by atoms with Crippen molar-refractivity contribution < 1.29 is 9.53 Å². The fourth-order valence-electron chi connectivity index (χ4n) is 1.68. The van der Waals surface area contributed by atoms with E-state index in [9.17, 15) is 4.79 Å². The first-order valence-corrected chi connectivity index (χ1v) is 7.16. The summed E-state index contributed by atoms with van der Waals surface area (Å²) in [5, 5.41) is 0. The number of hydrogen-bond donors (Lipinski definition) is 1. The van der Waals surface area contributed by atoms with Gasteiger partial charge in [0.1, 0.15) is 0 Å². The van der Waals surface area contributed by atoms with Gasteiger partial charge in [-0.25, -0.2) is 4.79 Å². The molecular weight excluding hydrogens is 294 g/mol. The Hall–Kier alpha value is -1.03. The van der Waals surface area contributed by atoms with Crippen LogP contribution in [-0.2, 0) is 4.74 Å². The van der Waals surface area contributed by atoms with Crippen molar-refractivity contribution in [3.8, 4) is 0 Å². The van der Waals surface area contributed by atoms with E-state index in [-0.39, 0.29) is 5.97 Å². The van der Waals surface area contributed by atoms with Gasteiger partial charge in [0.05, 0.1) is 12.2 Å². The molecular formula is C14H20BrNO2. The minimum atomic E-state index is -0.307. The molecule has 0 fully saturated rings. The summed E-state index contributed by atoms with van der Waals surface area (Å²) in [4.78, 5) is 11.7. The number of halogens is 1. The van der Waals surface area contributed by atoms with Crippen LogP contribution in [-0.4, -0.2) is 12.6 Å². The fraction of sp³-hybridized carbons (Fsp3) is 0.500. The second kappa shape index (κ2) is 8.14. The zero-order valence-electron chi connectivity index (χ0n) is 10.7. The lowest BCUT2D eigenvalue weighted by Crippen LogP contribution is -2.07. The van der Waals surface area contributed by atoms with E-state index in [1.807, 2.05) is 0 Å². The molecule has 18 heavy (non-hydrogen) atoms. The number of rotatable bonds is 7. The number of carbonyl (C=O) groups is 1. The van der Waals surface area contributed by atoms with Gasteiger partial charge in [-0.05, 0) is 24.6 Å². The van der Waals surface area contributed by atoms with E-state index < -0.39 is 0 Å². The summed E-state index contributed by atoms with van der Waals surface area (Å²) in [6, 6.07) is 5.10. The van der Waals surface area contributed by atoms with Crippen molar-refractivity contribution in [1.29, 1.82) is 0 Å². The normalized spacial score (nSPS) is 10.3.